The first-order valence-corrected chi connectivity index (χ1v) is 7.87. The van der Waals surface area contributed by atoms with Gasteiger partial charge in [-0.3, -0.25) is 4.79 Å². The van der Waals surface area contributed by atoms with Crippen LogP contribution in [-0.4, -0.2) is 36.1 Å². The van der Waals surface area contributed by atoms with Gasteiger partial charge in [-0.2, -0.15) is 0 Å². The third-order valence-electron chi connectivity index (χ3n) is 3.58. The van der Waals surface area contributed by atoms with Crippen molar-refractivity contribution in [1.82, 2.24) is 5.32 Å². The monoisotopic (exact) mass is 357 g/mol. The third-order valence-corrected chi connectivity index (χ3v) is 3.58. The molecule has 2 N–H and O–H groups in total. The van der Waals surface area contributed by atoms with Crippen LogP contribution in [0.25, 0.3) is 0 Å². The van der Waals surface area contributed by atoms with Crippen molar-refractivity contribution in [3.8, 4) is 5.75 Å². The van der Waals surface area contributed by atoms with Gasteiger partial charge in [0.2, 0.25) is 0 Å². The molecule has 0 radical (unpaired) electrons. The van der Waals surface area contributed by atoms with Crippen LogP contribution in [0, 0.1) is 0 Å². The molecule has 2 aromatic rings. The molecule has 1 atom stereocenters. The van der Waals surface area contributed by atoms with E-state index in [1.165, 1.54) is 13.2 Å². The molecular formula is C19H19NO6. The molecule has 0 heterocycles. The number of carboxylic acids is 1. The fourth-order valence-electron chi connectivity index (χ4n) is 2.21. The molecule has 0 aliphatic heterocycles. The molecule has 26 heavy (non-hydrogen) atoms. The molecule has 136 valence electrons. The molecule has 0 bridgehead atoms. The Bertz CT molecular complexity index is 775. The Morgan fingerprint density at radius 1 is 1.08 bits per heavy atom. The predicted molar refractivity (Wildman–Crippen MR) is 93.1 cm³/mol. The number of amides is 1. The van der Waals surface area contributed by atoms with Crippen molar-refractivity contribution in [2.45, 2.75) is 19.1 Å². The molecule has 0 saturated carbocycles. The second kappa shape index (κ2) is 9.22. The van der Waals surface area contributed by atoms with Crippen LogP contribution in [0.15, 0.2) is 54.6 Å². The number of carboxylic acid groups (broad SMARTS) is 1. The van der Waals surface area contributed by atoms with Gasteiger partial charge >= 0.3 is 12.1 Å². The van der Waals surface area contributed by atoms with Crippen molar-refractivity contribution in [3.05, 3.63) is 65.7 Å². The van der Waals surface area contributed by atoms with Gasteiger partial charge in [-0.15, -0.1) is 0 Å². The van der Waals surface area contributed by atoms with Crippen molar-refractivity contribution >= 4 is 17.8 Å². The lowest BCUT2D eigenvalue weighted by Gasteiger charge is -2.14. The van der Waals surface area contributed by atoms with Gasteiger partial charge in [0.05, 0.1) is 7.11 Å². The average molecular weight is 357 g/mol. The zero-order chi connectivity index (χ0) is 18.9. The van der Waals surface area contributed by atoms with E-state index in [-0.39, 0.29) is 6.61 Å². The summed E-state index contributed by atoms with van der Waals surface area (Å²) in [6.07, 6.45) is -1.30. The zero-order valence-electron chi connectivity index (χ0n) is 14.2. The van der Waals surface area contributed by atoms with E-state index in [1.807, 2.05) is 6.07 Å². The number of alkyl carbamates (subject to hydrolysis) is 1. The molecule has 1 unspecified atom stereocenters. The molecule has 0 saturated heterocycles. The van der Waals surface area contributed by atoms with Gasteiger partial charge in [-0.25, -0.2) is 9.59 Å². The van der Waals surface area contributed by atoms with Crippen LogP contribution in [0.5, 0.6) is 5.75 Å². The normalized spacial score (nSPS) is 11.3. The largest absolute Gasteiger partial charge is 0.497 e. The third kappa shape index (κ3) is 5.62. The number of nitrogens with one attached hydrogen (secondary N) is 1. The molecule has 7 heteroatoms. The quantitative estimate of drug-likeness (QED) is 0.704. The Hall–Kier alpha value is -3.35. The first-order chi connectivity index (χ1) is 12.5. The first kappa shape index (κ1) is 19.0. The summed E-state index contributed by atoms with van der Waals surface area (Å²) in [6.45, 7) is 0.00282. The van der Waals surface area contributed by atoms with Crippen molar-refractivity contribution in [1.29, 1.82) is 0 Å². The van der Waals surface area contributed by atoms with Crippen molar-refractivity contribution in [3.63, 3.8) is 0 Å². The minimum Gasteiger partial charge on any atom is -0.497 e. The summed E-state index contributed by atoms with van der Waals surface area (Å²) in [5.74, 6) is -1.27. The van der Waals surface area contributed by atoms with Crippen LogP contribution in [0.3, 0.4) is 0 Å². The Kier molecular flexibility index (Phi) is 6.73. The molecule has 0 aliphatic rings. The van der Waals surface area contributed by atoms with Gasteiger partial charge in [-0.05, 0) is 17.7 Å². The molecule has 0 aliphatic carbocycles. The van der Waals surface area contributed by atoms with E-state index in [9.17, 15) is 19.5 Å². The molecule has 1 amide bonds. The average Bonchev–Trinajstić information content (AvgIpc) is 2.66. The van der Waals surface area contributed by atoms with Gasteiger partial charge in [0.15, 0.2) is 5.78 Å². The van der Waals surface area contributed by atoms with Crippen LogP contribution in [0.1, 0.15) is 22.3 Å². The summed E-state index contributed by atoms with van der Waals surface area (Å²) in [5.41, 5.74) is 1.07. The van der Waals surface area contributed by atoms with Crippen LogP contribution < -0.4 is 10.1 Å². The zero-order valence-corrected chi connectivity index (χ0v) is 14.2. The van der Waals surface area contributed by atoms with E-state index in [0.29, 0.717) is 11.3 Å². The van der Waals surface area contributed by atoms with Crippen molar-refractivity contribution < 1.29 is 29.0 Å². The number of methoxy groups -OCH3 is 1. The Labute approximate surface area is 150 Å². The molecule has 7 nitrogen and oxygen atoms in total. The number of carbonyl (C=O) groups excluding carboxylic acids is 2. The van der Waals surface area contributed by atoms with E-state index in [1.54, 1.807) is 42.5 Å². The summed E-state index contributed by atoms with van der Waals surface area (Å²) >= 11 is 0. The lowest BCUT2D eigenvalue weighted by molar-refractivity contribution is -0.139. The highest BCUT2D eigenvalue weighted by Gasteiger charge is 2.24. The Morgan fingerprint density at radius 3 is 2.46 bits per heavy atom. The lowest BCUT2D eigenvalue weighted by atomic mass is 10.0. The highest BCUT2D eigenvalue weighted by molar-refractivity contribution is 5.99. The highest BCUT2D eigenvalue weighted by atomic mass is 16.5. The summed E-state index contributed by atoms with van der Waals surface area (Å²) < 4.78 is 10.0. The number of hydrogen-bond donors (Lipinski definition) is 2. The number of Topliss-reactive ketones (excluding diaryl/α,β-unsaturated/α-hetero) is 1. The van der Waals surface area contributed by atoms with Gasteiger partial charge in [-0.1, -0.05) is 42.5 Å². The van der Waals surface area contributed by atoms with Gasteiger partial charge in [0, 0.05) is 12.0 Å². The number of carbonyl (C=O) groups is 3. The topological polar surface area (TPSA) is 102 Å². The summed E-state index contributed by atoms with van der Waals surface area (Å²) in [4.78, 5) is 35.5. The number of ether oxygens (including phenoxy) is 2. The SMILES string of the molecule is COc1cccc(C(=O)CC(NC(=O)OCc2ccccc2)C(=O)O)c1. The maximum absolute atomic E-state index is 12.3. The second-order valence-electron chi connectivity index (χ2n) is 5.46. The van der Waals surface area contributed by atoms with Crippen LogP contribution in [0.2, 0.25) is 0 Å². The molecular weight excluding hydrogens is 338 g/mol. The van der Waals surface area contributed by atoms with Crippen LogP contribution in [0.4, 0.5) is 4.79 Å². The summed E-state index contributed by atoms with van der Waals surface area (Å²) in [6, 6.07) is 13.9. The number of aliphatic carboxylic acids is 1. The van der Waals surface area contributed by atoms with Crippen LogP contribution in [-0.2, 0) is 16.1 Å². The predicted octanol–water partition coefficient (Wildman–Crippen LogP) is 2.65. The fraction of sp³-hybridized carbons (Fsp3) is 0.211. The maximum atomic E-state index is 12.3. The summed E-state index contributed by atoms with van der Waals surface area (Å²) in [5, 5.41) is 11.5. The van der Waals surface area contributed by atoms with Gasteiger partial charge < -0.3 is 19.9 Å². The van der Waals surface area contributed by atoms with Crippen molar-refractivity contribution in [2.75, 3.05) is 7.11 Å². The Morgan fingerprint density at radius 2 is 1.81 bits per heavy atom. The fourth-order valence-corrected chi connectivity index (χ4v) is 2.21. The maximum Gasteiger partial charge on any atom is 0.408 e. The first-order valence-electron chi connectivity index (χ1n) is 7.87. The van der Waals surface area contributed by atoms with E-state index in [2.05, 4.69) is 5.32 Å². The van der Waals surface area contributed by atoms with E-state index in [4.69, 9.17) is 9.47 Å². The number of benzene rings is 2. The van der Waals surface area contributed by atoms with E-state index < -0.39 is 30.3 Å². The van der Waals surface area contributed by atoms with Crippen LogP contribution >= 0.6 is 0 Å². The second-order valence-corrected chi connectivity index (χ2v) is 5.46. The smallest absolute Gasteiger partial charge is 0.408 e. The summed E-state index contributed by atoms with van der Waals surface area (Å²) in [7, 11) is 1.47. The number of ketones is 1. The van der Waals surface area contributed by atoms with Gasteiger partial charge in [0.1, 0.15) is 18.4 Å². The lowest BCUT2D eigenvalue weighted by Crippen LogP contribution is -2.42. The number of rotatable bonds is 8. The minimum absolute atomic E-state index is 0.00282. The number of hydrogen-bond acceptors (Lipinski definition) is 5. The molecule has 0 aromatic heterocycles. The van der Waals surface area contributed by atoms with Gasteiger partial charge in [0.25, 0.3) is 0 Å². The minimum atomic E-state index is -1.39. The van der Waals surface area contributed by atoms with E-state index in [0.717, 1.165) is 5.56 Å². The Balaban J connectivity index is 1.94. The highest BCUT2D eigenvalue weighted by Crippen LogP contribution is 2.15. The molecule has 0 fully saturated rings. The molecule has 2 rings (SSSR count). The molecule has 0 spiro atoms. The van der Waals surface area contributed by atoms with Crippen molar-refractivity contribution in [2.24, 2.45) is 0 Å². The van der Waals surface area contributed by atoms with E-state index >= 15 is 0 Å². The molecule has 2 aromatic carbocycles. The standard InChI is InChI=1S/C19H19NO6/c1-25-15-9-5-8-14(10-15)17(21)11-16(18(22)23)20-19(24)26-12-13-6-3-2-4-7-13/h2-10,16H,11-12H2,1H3,(H,20,24)(H,22,23).